The van der Waals surface area contributed by atoms with Crippen molar-refractivity contribution in [2.24, 2.45) is 0 Å². The summed E-state index contributed by atoms with van der Waals surface area (Å²) in [5.41, 5.74) is -1.30. The average molecular weight is 295 g/mol. The molecule has 0 radical (unpaired) electrons. The fourth-order valence-corrected chi connectivity index (χ4v) is 1.88. The molecule has 0 fully saturated rings. The molecule has 106 valence electrons. The molecule has 2 rings (SSSR count). The van der Waals surface area contributed by atoms with Crippen molar-refractivity contribution in [1.82, 2.24) is 0 Å². The highest BCUT2D eigenvalue weighted by molar-refractivity contribution is 6.29. The van der Waals surface area contributed by atoms with Gasteiger partial charge in [-0.3, -0.25) is 0 Å². The molecule has 0 aliphatic rings. The lowest BCUT2D eigenvalue weighted by atomic mass is 10.1. The summed E-state index contributed by atoms with van der Waals surface area (Å²) in [5, 5.41) is 11.1. The van der Waals surface area contributed by atoms with Crippen molar-refractivity contribution >= 4 is 28.3 Å². The maximum atomic E-state index is 11.6. The van der Waals surface area contributed by atoms with E-state index in [1.807, 2.05) is 36.4 Å². The van der Waals surface area contributed by atoms with E-state index in [1.165, 1.54) is 0 Å². The minimum absolute atomic E-state index is 0.295. The van der Waals surface area contributed by atoms with E-state index < -0.39 is 17.8 Å². The maximum absolute atomic E-state index is 11.6. The van der Waals surface area contributed by atoms with E-state index in [4.69, 9.17) is 21.1 Å². The van der Waals surface area contributed by atoms with Crippen LogP contribution in [-0.2, 0) is 9.53 Å². The first-order valence-electron chi connectivity index (χ1n) is 6.29. The van der Waals surface area contributed by atoms with E-state index in [0.717, 1.165) is 10.8 Å². The Balaban J connectivity index is 2.14. The van der Waals surface area contributed by atoms with Gasteiger partial charge in [-0.2, -0.15) is 0 Å². The molecule has 5 heteroatoms. The van der Waals surface area contributed by atoms with Crippen LogP contribution in [0.1, 0.15) is 13.3 Å². The number of ether oxygens (including phenoxy) is 2. The predicted octanol–water partition coefficient (Wildman–Crippen LogP) is 3.06. The summed E-state index contributed by atoms with van der Waals surface area (Å²) in [5.74, 6) is -0.319. The predicted molar refractivity (Wildman–Crippen MR) is 76.6 cm³/mol. The van der Waals surface area contributed by atoms with E-state index in [2.05, 4.69) is 0 Å². The van der Waals surface area contributed by atoms with E-state index >= 15 is 0 Å². The van der Waals surface area contributed by atoms with Crippen LogP contribution >= 0.6 is 11.6 Å². The van der Waals surface area contributed by atoms with Crippen molar-refractivity contribution < 1.29 is 19.4 Å². The minimum Gasteiger partial charge on any atom is -0.462 e. The van der Waals surface area contributed by atoms with Gasteiger partial charge in [0.05, 0.1) is 0 Å². The lowest BCUT2D eigenvalue weighted by Gasteiger charge is -2.15. The quantitative estimate of drug-likeness (QED) is 0.523. The van der Waals surface area contributed by atoms with E-state index in [1.54, 1.807) is 13.0 Å². The second-order valence-electron chi connectivity index (χ2n) is 4.21. The van der Waals surface area contributed by atoms with Crippen LogP contribution in [0.15, 0.2) is 42.5 Å². The molecule has 2 aromatic carbocycles. The molecule has 0 aliphatic heterocycles. The van der Waals surface area contributed by atoms with E-state index in [-0.39, 0.29) is 0 Å². The summed E-state index contributed by atoms with van der Waals surface area (Å²) in [7, 11) is 0. The topological polar surface area (TPSA) is 55.8 Å². The largest absolute Gasteiger partial charge is 0.462 e. The lowest BCUT2D eigenvalue weighted by Crippen LogP contribution is -2.28. The molecular weight excluding hydrogens is 280 g/mol. The van der Waals surface area contributed by atoms with Crippen molar-refractivity contribution in [3.63, 3.8) is 0 Å². The van der Waals surface area contributed by atoms with Crippen LogP contribution in [0.25, 0.3) is 10.8 Å². The number of fused-ring (bicyclic) bond motifs is 1. The molecule has 4 nitrogen and oxygen atoms in total. The van der Waals surface area contributed by atoms with Gasteiger partial charge < -0.3 is 14.6 Å². The number of esters is 1. The smallest absolute Gasteiger partial charge is 0.365 e. The zero-order valence-corrected chi connectivity index (χ0v) is 11.7. The number of alkyl halides is 1. The van der Waals surface area contributed by atoms with Crippen molar-refractivity contribution in [3.8, 4) is 5.75 Å². The molecule has 0 saturated carbocycles. The summed E-state index contributed by atoms with van der Waals surface area (Å²) in [6, 6.07) is 13.1. The number of aliphatic hydroxyl groups is 1. The molecule has 0 bridgehead atoms. The summed E-state index contributed by atoms with van der Waals surface area (Å²) in [4.78, 5) is 11.6. The van der Waals surface area contributed by atoms with Crippen LogP contribution in [-0.4, -0.2) is 22.9 Å². The highest BCUT2D eigenvalue weighted by atomic mass is 35.5. The average Bonchev–Trinajstić information content (AvgIpc) is 2.47. The molecule has 1 N–H and O–H groups in total. The fraction of sp³-hybridized carbons (Fsp3) is 0.267. The highest BCUT2D eigenvalue weighted by Gasteiger charge is 2.22. The van der Waals surface area contributed by atoms with Crippen LogP contribution in [0.3, 0.4) is 0 Å². The van der Waals surface area contributed by atoms with Crippen molar-refractivity contribution in [2.45, 2.75) is 25.2 Å². The summed E-state index contributed by atoms with van der Waals surface area (Å²) in [6.07, 6.45) is -0.872. The molecule has 0 aliphatic carbocycles. The van der Waals surface area contributed by atoms with Gasteiger partial charge in [0.15, 0.2) is 6.29 Å². The van der Waals surface area contributed by atoms with Crippen LogP contribution in [0.2, 0.25) is 0 Å². The molecule has 0 aromatic heterocycles. The van der Waals surface area contributed by atoms with Gasteiger partial charge in [-0.25, -0.2) is 4.79 Å². The molecule has 0 spiro atoms. The third-order valence-electron chi connectivity index (χ3n) is 2.77. The minimum atomic E-state index is -1.30. The Hall–Kier alpha value is -1.78. The van der Waals surface area contributed by atoms with Gasteiger partial charge in [-0.05, 0) is 11.5 Å². The van der Waals surface area contributed by atoms with Crippen molar-refractivity contribution in [2.75, 3.05) is 0 Å². The number of halogens is 1. The summed E-state index contributed by atoms with van der Waals surface area (Å²) < 4.78 is 10.1. The Morgan fingerprint density at radius 3 is 2.70 bits per heavy atom. The van der Waals surface area contributed by atoms with Crippen molar-refractivity contribution in [1.29, 1.82) is 0 Å². The number of aliphatic hydroxyl groups excluding tert-OH is 1. The maximum Gasteiger partial charge on any atom is 0.365 e. The normalized spacial score (nSPS) is 13.8. The van der Waals surface area contributed by atoms with Crippen molar-refractivity contribution in [3.05, 3.63) is 42.5 Å². The number of hydrogen-bond donors (Lipinski definition) is 1. The molecular formula is C15H15ClO4. The van der Waals surface area contributed by atoms with Gasteiger partial charge in [0.2, 0.25) is 0 Å². The van der Waals surface area contributed by atoms with Crippen LogP contribution in [0, 0.1) is 0 Å². The van der Waals surface area contributed by atoms with Gasteiger partial charge >= 0.3 is 5.97 Å². The Kier molecular flexibility index (Phi) is 4.82. The SMILES string of the molecule is CCC(O)OC(=O)C(Cl)Oc1cccc2ccccc12. The molecule has 2 atom stereocenters. The first-order valence-corrected chi connectivity index (χ1v) is 6.72. The van der Waals surface area contributed by atoms with E-state index in [9.17, 15) is 9.90 Å². The third kappa shape index (κ3) is 3.40. The third-order valence-corrected chi connectivity index (χ3v) is 3.03. The standard InChI is InChI=1S/C15H15ClO4/c1-2-13(17)20-15(18)14(16)19-12-9-5-7-10-6-3-4-8-11(10)12/h3-9,13-14,17H,2H2,1H3. The molecule has 2 unspecified atom stereocenters. The van der Waals surface area contributed by atoms with Crippen LogP contribution in [0.4, 0.5) is 0 Å². The lowest BCUT2D eigenvalue weighted by molar-refractivity contribution is -0.172. The molecule has 0 saturated heterocycles. The Morgan fingerprint density at radius 2 is 1.95 bits per heavy atom. The van der Waals surface area contributed by atoms with Gasteiger partial charge in [0.1, 0.15) is 5.75 Å². The molecule has 0 amide bonds. The molecule has 2 aromatic rings. The Bertz CT molecular complexity index is 594. The van der Waals surface area contributed by atoms with Gasteiger partial charge in [-0.15, -0.1) is 0 Å². The first kappa shape index (κ1) is 14.6. The zero-order chi connectivity index (χ0) is 14.5. The Labute approximate surface area is 121 Å². The van der Waals surface area contributed by atoms with Gasteiger partial charge in [-0.1, -0.05) is 54.9 Å². The second-order valence-corrected chi connectivity index (χ2v) is 4.61. The number of carbonyl (C=O) groups is 1. The van der Waals surface area contributed by atoms with Crippen LogP contribution in [0.5, 0.6) is 5.75 Å². The van der Waals surface area contributed by atoms with Crippen LogP contribution < -0.4 is 4.74 Å². The highest BCUT2D eigenvalue weighted by Crippen LogP contribution is 2.26. The fourth-order valence-electron chi connectivity index (χ4n) is 1.73. The monoisotopic (exact) mass is 294 g/mol. The number of rotatable bonds is 5. The van der Waals surface area contributed by atoms with E-state index in [0.29, 0.717) is 12.2 Å². The first-order chi connectivity index (χ1) is 9.61. The second kappa shape index (κ2) is 6.59. The molecule has 0 heterocycles. The Morgan fingerprint density at radius 1 is 1.25 bits per heavy atom. The van der Waals surface area contributed by atoms with Gasteiger partial charge in [0, 0.05) is 11.8 Å². The molecule has 20 heavy (non-hydrogen) atoms. The van der Waals surface area contributed by atoms with Gasteiger partial charge in [0.25, 0.3) is 5.56 Å². The summed E-state index contributed by atoms with van der Waals surface area (Å²) >= 11 is 5.86. The number of carbonyl (C=O) groups excluding carboxylic acids is 1. The number of benzene rings is 2. The summed E-state index contributed by atoms with van der Waals surface area (Å²) in [6.45, 7) is 1.69. The zero-order valence-electron chi connectivity index (χ0n) is 11.0. The number of hydrogen-bond acceptors (Lipinski definition) is 4.